The number of carboxylic acids is 1. The van der Waals surface area contributed by atoms with Crippen molar-refractivity contribution in [1.29, 1.82) is 0 Å². The predicted molar refractivity (Wildman–Crippen MR) is 73.2 cm³/mol. The first-order valence-electron chi connectivity index (χ1n) is 6.32. The van der Waals surface area contributed by atoms with Crippen LogP contribution in [0.25, 0.3) is 11.0 Å². The van der Waals surface area contributed by atoms with E-state index in [1.165, 1.54) is 0 Å². The van der Waals surface area contributed by atoms with Gasteiger partial charge in [-0.3, -0.25) is 4.68 Å². The van der Waals surface area contributed by atoms with Crippen LogP contribution in [0, 0.1) is 6.92 Å². The molecule has 0 spiro atoms. The van der Waals surface area contributed by atoms with Gasteiger partial charge in [-0.1, -0.05) is 13.3 Å². The Labute approximate surface area is 111 Å². The van der Waals surface area contributed by atoms with Crippen LogP contribution < -0.4 is 5.32 Å². The number of nitrogens with zero attached hydrogens (tertiary/aromatic N) is 3. The third-order valence-electron chi connectivity index (χ3n) is 3.10. The minimum absolute atomic E-state index is 0.582. The number of anilines is 1. The zero-order valence-corrected chi connectivity index (χ0v) is 11.3. The summed E-state index contributed by atoms with van der Waals surface area (Å²) in [6.07, 6.45) is 3.05. The van der Waals surface area contributed by atoms with Crippen molar-refractivity contribution >= 4 is 22.7 Å². The summed E-state index contributed by atoms with van der Waals surface area (Å²) in [5.74, 6) is -0.839. The number of hydrogen-bond acceptors (Lipinski definition) is 4. The number of aryl methyl sites for hydroxylation is 2. The van der Waals surface area contributed by atoms with Crippen molar-refractivity contribution in [2.45, 2.75) is 32.7 Å². The van der Waals surface area contributed by atoms with Gasteiger partial charge in [-0.05, 0) is 19.4 Å². The van der Waals surface area contributed by atoms with Crippen molar-refractivity contribution in [3.8, 4) is 0 Å². The maximum absolute atomic E-state index is 11.2. The fraction of sp³-hybridized carbons (Fsp3) is 0.462. The first kappa shape index (κ1) is 13.3. The number of nitrogens with one attached hydrogen (secondary N) is 1. The van der Waals surface area contributed by atoms with E-state index in [4.69, 9.17) is 0 Å². The Bertz CT molecular complexity index is 606. The average molecular weight is 262 g/mol. The molecule has 0 amide bonds. The SMILES string of the molecule is CCCC(Nc1ccnc2c1c(C)nn2C)C(=O)O. The molecule has 19 heavy (non-hydrogen) atoms. The van der Waals surface area contributed by atoms with Crippen LogP contribution in [-0.4, -0.2) is 31.9 Å². The molecule has 0 aliphatic carbocycles. The van der Waals surface area contributed by atoms with Gasteiger partial charge in [0.2, 0.25) is 0 Å². The predicted octanol–water partition coefficient (Wildman–Crippen LogP) is 1.94. The second-order valence-corrected chi connectivity index (χ2v) is 4.59. The molecule has 6 heteroatoms. The highest BCUT2D eigenvalue weighted by Gasteiger charge is 2.18. The van der Waals surface area contributed by atoms with Crippen LogP contribution in [0.15, 0.2) is 12.3 Å². The Morgan fingerprint density at radius 1 is 1.58 bits per heavy atom. The van der Waals surface area contributed by atoms with E-state index < -0.39 is 12.0 Å². The van der Waals surface area contributed by atoms with Crippen LogP contribution >= 0.6 is 0 Å². The normalized spacial score (nSPS) is 12.6. The highest BCUT2D eigenvalue weighted by atomic mass is 16.4. The van der Waals surface area contributed by atoms with Crippen molar-refractivity contribution < 1.29 is 9.90 Å². The Hall–Kier alpha value is -2.11. The van der Waals surface area contributed by atoms with Gasteiger partial charge < -0.3 is 10.4 Å². The van der Waals surface area contributed by atoms with Gasteiger partial charge in [0.05, 0.1) is 11.1 Å². The Morgan fingerprint density at radius 3 is 2.95 bits per heavy atom. The molecule has 0 saturated heterocycles. The van der Waals surface area contributed by atoms with Crippen molar-refractivity contribution in [3.05, 3.63) is 18.0 Å². The van der Waals surface area contributed by atoms with Crippen LogP contribution in [-0.2, 0) is 11.8 Å². The van der Waals surface area contributed by atoms with Crippen molar-refractivity contribution in [2.24, 2.45) is 7.05 Å². The maximum Gasteiger partial charge on any atom is 0.326 e. The molecule has 0 radical (unpaired) electrons. The third kappa shape index (κ3) is 2.52. The summed E-state index contributed by atoms with van der Waals surface area (Å²) in [4.78, 5) is 15.5. The van der Waals surface area contributed by atoms with Crippen LogP contribution in [0.3, 0.4) is 0 Å². The lowest BCUT2D eigenvalue weighted by Gasteiger charge is -2.15. The van der Waals surface area contributed by atoms with E-state index in [-0.39, 0.29) is 0 Å². The van der Waals surface area contributed by atoms with Crippen molar-refractivity contribution in [2.75, 3.05) is 5.32 Å². The smallest absolute Gasteiger partial charge is 0.326 e. The number of rotatable bonds is 5. The second kappa shape index (κ2) is 5.26. The van der Waals surface area contributed by atoms with Gasteiger partial charge in [0, 0.05) is 18.9 Å². The summed E-state index contributed by atoms with van der Waals surface area (Å²) in [5, 5.41) is 17.5. The van der Waals surface area contributed by atoms with Crippen LogP contribution in [0.2, 0.25) is 0 Å². The summed E-state index contributed by atoms with van der Waals surface area (Å²) in [7, 11) is 1.83. The highest BCUT2D eigenvalue weighted by molar-refractivity contribution is 5.93. The number of fused-ring (bicyclic) bond motifs is 1. The van der Waals surface area contributed by atoms with Crippen LogP contribution in [0.4, 0.5) is 5.69 Å². The van der Waals surface area contributed by atoms with Crippen molar-refractivity contribution in [3.63, 3.8) is 0 Å². The minimum atomic E-state index is -0.839. The van der Waals surface area contributed by atoms with E-state index in [9.17, 15) is 9.90 Å². The molecule has 0 fully saturated rings. The monoisotopic (exact) mass is 262 g/mol. The lowest BCUT2D eigenvalue weighted by Crippen LogP contribution is -2.29. The number of carbonyl (C=O) groups is 1. The quantitative estimate of drug-likeness (QED) is 0.860. The number of pyridine rings is 1. The number of aromatic nitrogens is 3. The number of hydrogen-bond donors (Lipinski definition) is 2. The van der Waals surface area contributed by atoms with Crippen molar-refractivity contribution in [1.82, 2.24) is 14.8 Å². The van der Waals surface area contributed by atoms with Crippen LogP contribution in [0.1, 0.15) is 25.5 Å². The minimum Gasteiger partial charge on any atom is -0.480 e. The summed E-state index contributed by atoms with van der Waals surface area (Å²) in [6.45, 7) is 3.86. The van der Waals surface area contributed by atoms with E-state index in [0.717, 1.165) is 28.8 Å². The van der Waals surface area contributed by atoms with Crippen LogP contribution in [0.5, 0.6) is 0 Å². The molecule has 0 aliphatic rings. The molecular formula is C13H18N4O2. The zero-order chi connectivity index (χ0) is 14.0. The molecule has 6 nitrogen and oxygen atoms in total. The van der Waals surface area contributed by atoms with Gasteiger partial charge in [-0.15, -0.1) is 0 Å². The summed E-state index contributed by atoms with van der Waals surface area (Å²) < 4.78 is 1.70. The second-order valence-electron chi connectivity index (χ2n) is 4.59. The summed E-state index contributed by atoms with van der Waals surface area (Å²) >= 11 is 0. The van der Waals surface area contributed by atoms with Gasteiger partial charge >= 0.3 is 5.97 Å². The molecule has 0 bridgehead atoms. The van der Waals surface area contributed by atoms with E-state index in [1.54, 1.807) is 16.9 Å². The number of aliphatic carboxylic acids is 1. The first-order valence-corrected chi connectivity index (χ1v) is 6.32. The zero-order valence-electron chi connectivity index (χ0n) is 11.3. The van der Waals surface area contributed by atoms with E-state index in [1.807, 2.05) is 20.9 Å². The fourth-order valence-electron chi connectivity index (χ4n) is 2.23. The molecule has 2 heterocycles. The third-order valence-corrected chi connectivity index (χ3v) is 3.10. The molecule has 2 N–H and O–H groups in total. The Kier molecular flexibility index (Phi) is 3.69. The average Bonchev–Trinajstić information content (AvgIpc) is 2.65. The molecule has 1 unspecified atom stereocenters. The topological polar surface area (TPSA) is 80.0 Å². The highest BCUT2D eigenvalue weighted by Crippen LogP contribution is 2.25. The Morgan fingerprint density at radius 2 is 2.32 bits per heavy atom. The maximum atomic E-state index is 11.2. The van der Waals surface area contributed by atoms with Gasteiger partial charge in [-0.2, -0.15) is 5.10 Å². The van der Waals surface area contributed by atoms with E-state index in [2.05, 4.69) is 15.4 Å². The number of carboxylic acid groups (broad SMARTS) is 1. The molecule has 2 aromatic rings. The van der Waals surface area contributed by atoms with Gasteiger partial charge in [0.1, 0.15) is 6.04 Å². The molecular weight excluding hydrogens is 244 g/mol. The first-order chi connectivity index (χ1) is 9.04. The lowest BCUT2D eigenvalue weighted by molar-refractivity contribution is -0.138. The fourth-order valence-corrected chi connectivity index (χ4v) is 2.23. The Balaban J connectivity index is 2.42. The summed E-state index contributed by atoms with van der Waals surface area (Å²) in [6, 6.07) is 1.21. The van der Waals surface area contributed by atoms with E-state index in [0.29, 0.717) is 6.42 Å². The van der Waals surface area contributed by atoms with Gasteiger partial charge in [-0.25, -0.2) is 9.78 Å². The molecule has 2 aromatic heterocycles. The molecule has 1 atom stereocenters. The molecule has 102 valence electrons. The van der Waals surface area contributed by atoms with Gasteiger partial charge in [0.15, 0.2) is 5.65 Å². The summed E-state index contributed by atoms with van der Waals surface area (Å²) in [5.41, 5.74) is 2.37. The molecule has 0 saturated carbocycles. The standard InChI is InChI=1S/C13H18N4O2/c1-4-5-10(13(18)19)15-9-6-7-14-12-11(9)8(2)16-17(12)3/h6-7,10H,4-5H2,1-3H3,(H,14,15)(H,18,19). The lowest BCUT2D eigenvalue weighted by atomic mass is 10.1. The van der Waals surface area contributed by atoms with Gasteiger partial charge in [0.25, 0.3) is 0 Å². The molecule has 0 aromatic carbocycles. The van der Waals surface area contributed by atoms with E-state index >= 15 is 0 Å². The largest absolute Gasteiger partial charge is 0.480 e. The molecule has 2 rings (SSSR count). The molecule has 0 aliphatic heterocycles.